The van der Waals surface area contributed by atoms with Crippen LogP contribution in [0.2, 0.25) is 0 Å². The second-order valence-electron chi connectivity index (χ2n) is 7.79. The molecular weight excluding hydrogens is 465 g/mol. The molecule has 0 amide bonds. The lowest BCUT2D eigenvalue weighted by Crippen LogP contribution is -2.66. The van der Waals surface area contributed by atoms with Crippen LogP contribution in [-0.4, -0.2) is 66.9 Å². The maximum absolute atomic E-state index is 12.8. The molecule has 1 aromatic heterocycles. The number of nitrogens with zero attached hydrogens (tertiary/aromatic N) is 2. The molecule has 3 heterocycles. The molecule has 2 fully saturated rings. The van der Waals surface area contributed by atoms with Gasteiger partial charge >= 0.3 is 12.1 Å². The number of ether oxygens (including phenoxy) is 2. The number of aryl methyl sites for hydroxylation is 1. The number of benzene rings is 1. The van der Waals surface area contributed by atoms with Crippen molar-refractivity contribution in [2.75, 3.05) is 26.3 Å². The third-order valence-corrected chi connectivity index (χ3v) is 7.23. The number of pyridine rings is 1. The van der Waals surface area contributed by atoms with Crippen molar-refractivity contribution in [3.63, 3.8) is 0 Å². The molecule has 1 aromatic carbocycles. The highest BCUT2D eigenvalue weighted by molar-refractivity contribution is 7.89. The van der Waals surface area contributed by atoms with Crippen LogP contribution < -0.4 is 4.74 Å². The first kappa shape index (κ1) is 24.9. The lowest BCUT2D eigenvalue weighted by molar-refractivity contribution is -0.192. The maximum Gasteiger partial charge on any atom is 0.490 e. The van der Waals surface area contributed by atoms with Crippen molar-refractivity contribution in [2.45, 2.75) is 30.0 Å². The zero-order chi connectivity index (χ0) is 24.3. The van der Waals surface area contributed by atoms with E-state index in [4.69, 9.17) is 19.4 Å². The zero-order valence-electron chi connectivity index (χ0n) is 17.7. The van der Waals surface area contributed by atoms with Gasteiger partial charge in [0.1, 0.15) is 11.4 Å². The van der Waals surface area contributed by atoms with Crippen molar-refractivity contribution in [3.8, 4) is 5.75 Å². The normalized spacial score (nSPS) is 19.9. The van der Waals surface area contributed by atoms with Crippen LogP contribution in [0.15, 0.2) is 53.7 Å². The first-order valence-corrected chi connectivity index (χ1v) is 11.4. The lowest BCUT2D eigenvalue weighted by Gasteiger charge is -2.49. The van der Waals surface area contributed by atoms with E-state index in [0.29, 0.717) is 31.2 Å². The number of rotatable bonds is 5. The van der Waals surface area contributed by atoms with Gasteiger partial charge in [0.05, 0.1) is 17.7 Å². The van der Waals surface area contributed by atoms with Crippen LogP contribution in [0.1, 0.15) is 12.0 Å². The number of carboxylic acid groups (broad SMARTS) is 1. The number of aliphatic carboxylic acids is 1. The number of aromatic nitrogens is 1. The number of carboxylic acids is 1. The van der Waals surface area contributed by atoms with Crippen molar-refractivity contribution in [1.29, 1.82) is 0 Å². The van der Waals surface area contributed by atoms with E-state index in [1.165, 1.54) is 4.31 Å². The Morgan fingerprint density at radius 2 is 2.00 bits per heavy atom. The average Bonchev–Trinajstić information content (AvgIpc) is 3.16. The number of hydrogen-bond acceptors (Lipinski definition) is 6. The third-order valence-electron chi connectivity index (χ3n) is 5.44. The minimum Gasteiger partial charge on any atom is -0.492 e. The fraction of sp³-hybridized carbons (Fsp3) is 0.429. The Hall–Kier alpha value is -2.70. The molecule has 2 aliphatic rings. The van der Waals surface area contributed by atoms with Gasteiger partial charge in [0, 0.05) is 31.8 Å². The molecule has 2 aromatic rings. The number of hydrogen-bond donors (Lipinski definition) is 1. The van der Waals surface area contributed by atoms with Crippen LogP contribution in [-0.2, 0) is 19.6 Å². The molecule has 8 nitrogen and oxygen atoms in total. The fourth-order valence-electron chi connectivity index (χ4n) is 3.64. The van der Waals surface area contributed by atoms with E-state index in [1.807, 2.05) is 25.1 Å². The van der Waals surface area contributed by atoms with Gasteiger partial charge in [-0.05, 0) is 43.2 Å². The molecule has 0 saturated carbocycles. The van der Waals surface area contributed by atoms with Gasteiger partial charge in [0.15, 0.2) is 0 Å². The summed E-state index contributed by atoms with van der Waals surface area (Å²) in [5.74, 6) is -1.86. The average molecular weight is 488 g/mol. The molecule has 1 atom stereocenters. The maximum atomic E-state index is 12.8. The van der Waals surface area contributed by atoms with E-state index in [-0.39, 0.29) is 5.92 Å². The third kappa shape index (κ3) is 5.81. The number of halogens is 3. The summed E-state index contributed by atoms with van der Waals surface area (Å²) < 4.78 is 70.7. The van der Waals surface area contributed by atoms with Crippen molar-refractivity contribution < 1.29 is 41.0 Å². The van der Waals surface area contributed by atoms with E-state index < -0.39 is 27.8 Å². The van der Waals surface area contributed by atoms with E-state index in [9.17, 15) is 21.6 Å². The highest BCUT2D eigenvalue weighted by Crippen LogP contribution is 2.42. The largest absolute Gasteiger partial charge is 0.492 e. The van der Waals surface area contributed by atoms with Gasteiger partial charge in [-0.1, -0.05) is 12.1 Å². The predicted octanol–water partition coefficient (Wildman–Crippen LogP) is 2.88. The SMILES string of the molecule is Cc1cccc(S(=O)(=O)N2CC3(C2)OCCC3COc2cccnc2)c1.O=C(O)C(F)(F)F. The molecule has 12 heteroatoms. The van der Waals surface area contributed by atoms with Crippen molar-refractivity contribution in [3.05, 3.63) is 54.4 Å². The van der Waals surface area contributed by atoms with Crippen molar-refractivity contribution in [1.82, 2.24) is 9.29 Å². The van der Waals surface area contributed by atoms with E-state index in [1.54, 1.807) is 30.6 Å². The van der Waals surface area contributed by atoms with Gasteiger partial charge in [-0.2, -0.15) is 17.5 Å². The summed E-state index contributed by atoms with van der Waals surface area (Å²) in [6.07, 6.45) is -0.830. The molecule has 0 bridgehead atoms. The van der Waals surface area contributed by atoms with Gasteiger partial charge < -0.3 is 14.6 Å². The van der Waals surface area contributed by atoms with Crippen LogP contribution >= 0.6 is 0 Å². The molecule has 0 radical (unpaired) electrons. The summed E-state index contributed by atoms with van der Waals surface area (Å²) in [7, 11) is -3.48. The predicted molar refractivity (Wildman–Crippen MR) is 110 cm³/mol. The molecular formula is C21H23F3N2O6S. The van der Waals surface area contributed by atoms with Crippen LogP contribution in [0.5, 0.6) is 5.75 Å². The Balaban J connectivity index is 0.000000383. The summed E-state index contributed by atoms with van der Waals surface area (Å²) in [6, 6.07) is 10.7. The van der Waals surface area contributed by atoms with Crippen LogP contribution in [0.3, 0.4) is 0 Å². The van der Waals surface area contributed by atoms with Gasteiger partial charge in [0.2, 0.25) is 10.0 Å². The van der Waals surface area contributed by atoms with Gasteiger partial charge in [0.25, 0.3) is 0 Å². The Labute approximate surface area is 189 Å². The summed E-state index contributed by atoms with van der Waals surface area (Å²) >= 11 is 0. The van der Waals surface area contributed by atoms with Crippen LogP contribution in [0, 0.1) is 12.8 Å². The van der Waals surface area contributed by atoms with E-state index in [0.717, 1.165) is 17.7 Å². The van der Waals surface area contributed by atoms with Gasteiger partial charge in [-0.25, -0.2) is 13.2 Å². The molecule has 1 unspecified atom stereocenters. The Morgan fingerprint density at radius 3 is 2.58 bits per heavy atom. The van der Waals surface area contributed by atoms with E-state index >= 15 is 0 Å². The van der Waals surface area contributed by atoms with Crippen molar-refractivity contribution in [2.24, 2.45) is 5.92 Å². The smallest absolute Gasteiger partial charge is 0.490 e. The molecule has 1 N–H and O–H groups in total. The summed E-state index contributed by atoms with van der Waals surface area (Å²) in [4.78, 5) is 13.3. The molecule has 4 rings (SSSR count). The van der Waals surface area contributed by atoms with Crippen molar-refractivity contribution >= 4 is 16.0 Å². The number of carbonyl (C=O) groups is 1. The second kappa shape index (κ2) is 9.65. The van der Waals surface area contributed by atoms with Crippen LogP contribution in [0.4, 0.5) is 13.2 Å². The highest BCUT2D eigenvalue weighted by Gasteiger charge is 2.56. The number of sulfonamides is 1. The highest BCUT2D eigenvalue weighted by atomic mass is 32.2. The topological polar surface area (TPSA) is 106 Å². The molecule has 180 valence electrons. The van der Waals surface area contributed by atoms with Gasteiger partial charge in [-0.15, -0.1) is 0 Å². The zero-order valence-corrected chi connectivity index (χ0v) is 18.5. The minimum absolute atomic E-state index is 0.173. The quantitative estimate of drug-likeness (QED) is 0.690. The van der Waals surface area contributed by atoms with Gasteiger partial charge in [-0.3, -0.25) is 4.98 Å². The van der Waals surface area contributed by atoms with Crippen LogP contribution in [0.25, 0.3) is 0 Å². The monoisotopic (exact) mass is 488 g/mol. The molecule has 0 aliphatic carbocycles. The minimum atomic E-state index is -5.08. The summed E-state index contributed by atoms with van der Waals surface area (Å²) in [6.45, 7) is 3.79. The second-order valence-corrected chi connectivity index (χ2v) is 9.73. The Bertz CT molecular complexity index is 1070. The fourth-order valence-corrected chi connectivity index (χ4v) is 5.31. The first-order valence-electron chi connectivity index (χ1n) is 9.98. The first-order chi connectivity index (χ1) is 15.4. The molecule has 2 saturated heterocycles. The standard InChI is InChI=1S/C19H22N2O4S.C2HF3O2/c1-15-4-2-6-18(10-15)26(22,23)21-13-19(14-21)16(7-9-25-19)12-24-17-5-3-8-20-11-17;3-2(4,5)1(6)7/h2-6,8,10-11,16H,7,9,12-14H2,1H3;(H,6,7). The molecule has 33 heavy (non-hydrogen) atoms. The molecule has 1 spiro atoms. The summed E-state index contributed by atoms with van der Waals surface area (Å²) in [5.41, 5.74) is 0.500. The van der Waals surface area contributed by atoms with E-state index in [2.05, 4.69) is 4.98 Å². The lowest BCUT2D eigenvalue weighted by atomic mass is 9.83. The Kier molecular flexibility index (Phi) is 7.29. The summed E-state index contributed by atoms with van der Waals surface area (Å²) in [5, 5.41) is 7.12. The molecule has 2 aliphatic heterocycles. The number of alkyl halides is 3. The Morgan fingerprint density at radius 1 is 1.30 bits per heavy atom.